The van der Waals surface area contributed by atoms with E-state index in [1.807, 2.05) is 12.1 Å². The van der Waals surface area contributed by atoms with Crippen molar-refractivity contribution in [3.8, 4) is 12.3 Å². The Hall–Kier alpha value is -1.46. The monoisotopic (exact) mass is 233 g/mol. The summed E-state index contributed by atoms with van der Waals surface area (Å²) < 4.78 is 0. The smallest absolute Gasteiger partial charge is 0.209 e. The van der Waals surface area contributed by atoms with Gasteiger partial charge in [-0.25, -0.2) is 0 Å². The van der Waals surface area contributed by atoms with E-state index in [2.05, 4.69) is 5.92 Å². The molecule has 1 aromatic rings. The van der Waals surface area contributed by atoms with Gasteiger partial charge in [0.1, 0.15) is 0 Å². The lowest BCUT2D eigenvalue weighted by molar-refractivity contribution is -0.118. The molecule has 1 aliphatic rings. The van der Waals surface area contributed by atoms with Gasteiger partial charge in [0.25, 0.3) is 0 Å². The number of hydrogen-bond donors (Lipinski definition) is 0. The number of rotatable bonds is 1. The van der Waals surface area contributed by atoms with E-state index in [1.54, 1.807) is 4.90 Å². The molecule has 0 unspecified atom stereocenters. The summed E-state index contributed by atoms with van der Waals surface area (Å²) >= 11 is 6.06. The van der Waals surface area contributed by atoms with Crippen LogP contribution in [0.2, 0.25) is 5.02 Å². The van der Waals surface area contributed by atoms with E-state index in [-0.39, 0.29) is 0 Å². The van der Waals surface area contributed by atoms with Crippen LogP contribution in [-0.4, -0.2) is 24.4 Å². The van der Waals surface area contributed by atoms with Crippen molar-refractivity contribution in [2.45, 2.75) is 12.8 Å². The fraction of sp³-hybridized carbons (Fsp3) is 0.308. The summed E-state index contributed by atoms with van der Waals surface area (Å²) in [7, 11) is 0. The molecule has 1 aromatic carbocycles. The number of terminal acetylenes is 1. The van der Waals surface area contributed by atoms with Crippen LogP contribution in [0.3, 0.4) is 0 Å². The molecule has 1 heterocycles. The number of hydrogen-bond acceptors (Lipinski definition) is 1. The Morgan fingerprint density at radius 1 is 1.38 bits per heavy atom. The first-order valence-corrected chi connectivity index (χ1v) is 5.60. The summed E-state index contributed by atoms with van der Waals surface area (Å²) in [5.74, 6) is 2.65. The Balaban J connectivity index is 2.42. The van der Waals surface area contributed by atoms with Gasteiger partial charge >= 0.3 is 0 Å². The van der Waals surface area contributed by atoms with E-state index >= 15 is 0 Å². The van der Waals surface area contributed by atoms with Gasteiger partial charge in [-0.3, -0.25) is 4.79 Å². The van der Waals surface area contributed by atoms with Gasteiger partial charge in [-0.05, 0) is 30.0 Å². The van der Waals surface area contributed by atoms with E-state index in [0.29, 0.717) is 11.6 Å². The van der Waals surface area contributed by atoms with Gasteiger partial charge in [-0.15, -0.1) is 6.42 Å². The van der Waals surface area contributed by atoms with E-state index in [0.717, 1.165) is 36.9 Å². The lowest BCUT2D eigenvalue weighted by Gasteiger charge is -2.12. The van der Waals surface area contributed by atoms with Gasteiger partial charge in [0.2, 0.25) is 6.41 Å². The lowest BCUT2D eigenvalue weighted by atomic mass is 9.97. The second-order valence-corrected chi connectivity index (χ2v) is 4.25. The van der Waals surface area contributed by atoms with Crippen LogP contribution in [0.25, 0.3) is 0 Å². The van der Waals surface area contributed by atoms with Crippen molar-refractivity contribution in [3.05, 3.63) is 33.8 Å². The largest absolute Gasteiger partial charge is 0.345 e. The highest BCUT2D eigenvalue weighted by atomic mass is 35.5. The van der Waals surface area contributed by atoms with Crippen LogP contribution in [-0.2, 0) is 17.6 Å². The Morgan fingerprint density at radius 2 is 2.12 bits per heavy atom. The standard InChI is InChI=1S/C13H12ClNO/c1-2-11-12-6-8-15(9-16)7-5-10(12)3-4-13(11)14/h1,3-4,9H,5-8H2. The molecule has 3 heteroatoms. The quantitative estimate of drug-likeness (QED) is 0.536. The molecule has 16 heavy (non-hydrogen) atoms. The van der Waals surface area contributed by atoms with Crippen LogP contribution in [0.5, 0.6) is 0 Å². The maximum absolute atomic E-state index is 10.7. The highest BCUT2D eigenvalue weighted by Gasteiger charge is 2.16. The molecule has 0 atom stereocenters. The van der Waals surface area contributed by atoms with Gasteiger partial charge in [-0.1, -0.05) is 23.6 Å². The summed E-state index contributed by atoms with van der Waals surface area (Å²) in [4.78, 5) is 12.5. The van der Waals surface area contributed by atoms with Crippen LogP contribution in [0.15, 0.2) is 12.1 Å². The van der Waals surface area contributed by atoms with Crippen molar-refractivity contribution in [2.24, 2.45) is 0 Å². The highest BCUT2D eigenvalue weighted by molar-refractivity contribution is 6.31. The van der Waals surface area contributed by atoms with Crippen LogP contribution >= 0.6 is 11.6 Å². The SMILES string of the molecule is C#Cc1c(Cl)ccc2c1CCN(C=O)CC2. The summed E-state index contributed by atoms with van der Waals surface area (Å²) in [5.41, 5.74) is 3.12. The minimum atomic E-state index is 0.626. The number of fused-ring (bicyclic) bond motifs is 1. The van der Waals surface area contributed by atoms with Crippen molar-refractivity contribution in [2.75, 3.05) is 13.1 Å². The second kappa shape index (κ2) is 4.59. The first-order valence-electron chi connectivity index (χ1n) is 5.22. The molecular weight excluding hydrogens is 222 g/mol. The van der Waals surface area contributed by atoms with Gasteiger partial charge in [0.05, 0.1) is 5.02 Å². The number of nitrogens with zero attached hydrogens (tertiary/aromatic N) is 1. The van der Waals surface area contributed by atoms with E-state index in [1.165, 1.54) is 5.56 Å². The molecule has 0 aliphatic carbocycles. The van der Waals surface area contributed by atoms with Crippen molar-refractivity contribution < 1.29 is 4.79 Å². The molecule has 2 nitrogen and oxygen atoms in total. The summed E-state index contributed by atoms with van der Waals surface area (Å²) in [5, 5.41) is 0.626. The van der Waals surface area contributed by atoms with E-state index in [4.69, 9.17) is 18.0 Å². The number of halogens is 1. The molecule has 2 rings (SSSR count). The summed E-state index contributed by atoms with van der Waals surface area (Å²) in [6.45, 7) is 1.47. The highest BCUT2D eigenvalue weighted by Crippen LogP contribution is 2.25. The third kappa shape index (κ3) is 1.91. The van der Waals surface area contributed by atoms with Crippen molar-refractivity contribution in [1.29, 1.82) is 0 Å². The average Bonchev–Trinajstić information content (AvgIpc) is 2.51. The predicted molar refractivity (Wildman–Crippen MR) is 64.4 cm³/mol. The van der Waals surface area contributed by atoms with Crippen LogP contribution in [0, 0.1) is 12.3 Å². The van der Waals surface area contributed by atoms with Crippen LogP contribution < -0.4 is 0 Å². The van der Waals surface area contributed by atoms with Crippen molar-refractivity contribution in [1.82, 2.24) is 4.90 Å². The lowest BCUT2D eigenvalue weighted by Crippen LogP contribution is -2.24. The average molecular weight is 234 g/mol. The van der Waals surface area contributed by atoms with E-state index in [9.17, 15) is 4.79 Å². The predicted octanol–water partition coefficient (Wildman–Crippen LogP) is 1.88. The number of benzene rings is 1. The second-order valence-electron chi connectivity index (χ2n) is 3.85. The zero-order valence-electron chi connectivity index (χ0n) is 8.87. The summed E-state index contributed by atoms with van der Waals surface area (Å²) in [6, 6.07) is 3.85. The fourth-order valence-electron chi connectivity index (χ4n) is 2.07. The molecule has 1 aliphatic heterocycles. The maximum Gasteiger partial charge on any atom is 0.209 e. The first kappa shape index (κ1) is 11.0. The first-order chi connectivity index (χ1) is 7.76. The number of carbonyl (C=O) groups excluding carboxylic acids is 1. The normalized spacial score (nSPS) is 14.9. The molecule has 0 aromatic heterocycles. The fourth-order valence-corrected chi connectivity index (χ4v) is 2.31. The van der Waals surface area contributed by atoms with Gasteiger partial charge in [0, 0.05) is 18.7 Å². The van der Waals surface area contributed by atoms with Crippen molar-refractivity contribution >= 4 is 18.0 Å². The minimum absolute atomic E-state index is 0.626. The Kier molecular flexibility index (Phi) is 3.17. The molecule has 0 fully saturated rings. The molecular formula is C13H12ClNO. The molecule has 82 valence electrons. The van der Waals surface area contributed by atoms with Gasteiger partial charge < -0.3 is 4.90 Å². The number of carbonyl (C=O) groups is 1. The molecule has 0 radical (unpaired) electrons. The Morgan fingerprint density at radius 3 is 2.81 bits per heavy atom. The minimum Gasteiger partial charge on any atom is -0.345 e. The topological polar surface area (TPSA) is 20.3 Å². The van der Waals surface area contributed by atoms with Gasteiger partial charge in [-0.2, -0.15) is 0 Å². The summed E-state index contributed by atoms with van der Waals surface area (Å²) in [6.07, 6.45) is 8.00. The number of amides is 1. The van der Waals surface area contributed by atoms with Crippen molar-refractivity contribution in [3.63, 3.8) is 0 Å². The zero-order chi connectivity index (χ0) is 11.5. The zero-order valence-corrected chi connectivity index (χ0v) is 9.63. The van der Waals surface area contributed by atoms with E-state index < -0.39 is 0 Å². The molecule has 0 bridgehead atoms. The Labute approximate surface area is 100 Å². The van der Waals surface area contributed by atoms with Gasteiger partial charge in [0.15, 0.2) is 0 Å². The molecule has 1 amide bonds. The third-order valence-corrected chi connectivity index (χ3v) is 3.28. The molecule has 0 N–H and O–H groups in total. The molecule has 0 saturated heterocycles. The Bertz CT molecular complexity index is 462. The van der Waals surface area contributed by atoms with Crippen LogP contribution in [0.1, 0.15) is 16.7 Å². The van der Waals surface area contributed by atoms with Crippen LogP contribution in [0.4, 0.5) is 0 Å². The molecule has 0 saturated carbocycles. The maximum atomic E-state index is 10.7. The molecule has 0 spiro atoms. The third-order valence-electron chi connectivity index (χ3n) is 2.97.